The average Bonchev–Trinajstić information content (AvgIpc) is 1.60. The van der Waals surface area contributed by atoms with Gasteiger partial charge in [-0.2, -0.15) is 0 Å². The van der Waals surface area contributed by atoms with Crippen LogP contribution in [0.4, 0.5) is 0 Å². The van der Waals surface area contributed by atoms with Crippen molar-refractivity contribution in [3.63, 3.8) is 0 Å². The minimum Gasteiger partial charge on any atom is -0.550 e. The standard InChI is InChI=1S/2C2H4O2.CH2O2.Mg/c2*1-2(3)4;2-1-3;/h2*1H3,(H,3,4);1H,(H,2,3);/q;;;+2/p-2. The number of hydrogen-bond donors (Lipinski definition) is 1. The van der Waals surface area contributed by atoms with Crippen LogP contribution in [0.25, 0.3) is 0 Å². The van der Waals surface area contributed by atoms with Crippen LogP contribution in [0.3, 0.4) is 0 Å². The second-order valence-corrected chi connectivity index (χ2v) is 1.09. The summed E-state index contributed by atoms with van der Waals surface area (Å²) in [5.74, 6) is -2.17. The SMILES string of the molecule is CC(=O)[O-].CC(=O)[O-].O=CO.[Mg+2]. The van der Waals surface area contributed by atoms with E-state index in [2.05, 4.69) is 0 Å². The van der Waals surface area contributed by atoms with E-state index in [-0.39, 0.29) is 29.5 Å². The maximum absolute atomic E-state index is 8.89. The second-order valence-electron chi connectivity index (χ2n) is 1.09. The molecular weight excluding hydrogens is 180 g/mol. The number of aliphatic carboxylic acids is 2. The molecule has 0 saturated heterocycles. The first-order valence-corrected chi connectivity index (χ1v) is 2.31. The van der Waals surface area contributed by atoms with Crippen LogP contribution in [-0.2, 0) is 14.4 Å². The van der Waals surface area contributed by atoms with E-state index in [1.165, 1.54) is 0 Å². The predicted molar refractivity (Wildman–Crippen MR) is 35.8 cm³/mol. The van der Waals surface area contributed by atoms with E-state index >= 15 is 0 Å². The fourth-order valence-corrected chi connectivity index (χ4v) is 0. The van der Waals surface area contributed by atoms with Crippen LogP contribution in [0.5, 0.6) is 0 Å². The largest absolute Gasteiger partial charge is 2.00 e. The van der Waals surface area contributed by atoms with Gasteiger partial charge in [0.05, 0.1) is 0 Å². The van der Waals surface area contributed by atoms with Crippen molar-refractivity contribution in [2.75, 3.05) is 0 Å². The molecule has 7 heteroatoms. The van der Waals surface area contributed by atoms with E-state index in [1.54, 1.807) is 0 Å². The van der Waals surface area contributed by atoms with Gasteiger partial charge in [0.1, 0.15) is 0 Å². The third-order valence-corrected chi connectivity index (χ3v) is 0. The summed E-state index contributed by atoms with van der Waals surface area (Å²) in [5, 5.41) is 24.7. The molecule has 0 aromatic carbocycles. The molecule has 0 aliphatic heterocycles. The van der Waals surface area contributed by atoms with Gasteiger partial charge < -0.3 is 24.9 Å². The van der Waals surface area contributed by atoms with E-state index in [9.17, 15) is 0 Å². The van der Waals surface area contributed by atoms with Gasteiger partial charge in [-0.1, -0.05) is 0 Å². The molecule has 0 aliphatic carbocycles. The van der Waals surface area contributed by atoms with Gasteiger partial charge in [-0.3, -0.25) is 4.79 Å². The summed E-state index contributed by atoms with van der Waals surface area (Å²) >= 11 is 0. The second kappa shape index (κ2) is 22.5. The van der Waals surface area contributed by atoms with Crippen molar-refractivity contribution in [2.45, 2.75) is 13.8 Å². The first kappa shape index (κ1) is 22.5. The van der Waals surface area contributed by atoms with Gasteiger partial charge in [0.2, 0.25) is 0 Å². The van der Waals surface area contributed by atoms with Gasteiger partial charge in [0, 0.05) is 11.9 Å². The zero-order chi connectivity index (χ0) is 9.86. The van der Waals surface area contributed by atoms with E-state index in [0.717, 1.165) is 13.8 Å². The third kappa shape index (κ3) is 904. The van der Waals surface area contributed by atoms with Crippen molar-refractivity contribution in [2.24, 2.45) is 0 Å². The summed E-state index contributed by atoms with van der Waals surface area (Å²) in [4.78, 5) is 26.1. The molecule has 12 heavy (non-hydrogen) atoms. The van der Waals surface area contributed by atoms with Crippen LogP contribution in [0.2, 0.25) is 0 Å². The summed E-state index contributed by atoms with van der Waals surface area (Å²) in [5.41, 5.74) is 0. The molecule has 0 aromatic rings. The van der Waals surface area contributed by atoms with Gasteiger partial charge in [0.25, 0.3) is 6.47 Å². The van der Waals surface area contributed by atoms with Gasteiger partial charge in [-0.15, -0.1) is 0 Å². The molecule has 0 spiro atoms. The van der Waals surface area contributed by atoms with Crippen LogP contribution < -0.4 is 10.2 Å². The molecule has 0 atom stereocenters. The minimum absolute atomic E-state index is 0. The first-order valence-electron chi connectivity index (χ1n) is 2.31. The number of carbonyl (C=O) groups excluding carboxylic acids is 2. The van der Waals surface area contributed by atoms with Crippen LogP contribution in [-0.4, -0.2) is 46.6 Å². The Morgan fingerprint density at radius 2 is 1.17 bits per heavy atom. The Kier molecular flexibility index (Phi) is 42.1. The van der Waals surface area contributed by atoms with Crippen LogP contribution in [0, 0.1) is 0 Å². The van der Waals surface area contributed by atoms with E-state index in [1.807, 2.05) is 0 Å². The summed E-state index contributed by atoms with van der Waals surface area (Å²) in [6.07, 6.45) is 0. The maximum Gasteiger partial charge on any atom is 2.00 e. The number of rotatable bonds is 0. The molecule has 0 aliphatic rings. The summed E-state index contributed by atoms with van der Waals surface area (Å²) in [6.45, 7) is 1.69. The van der Waals surface area contributed by atoms with E-state index < -0.39 is 11.9 Å². The Balaban J connectivity index is -0.0000000389. The molecular formula is C5H8MgO6. The molecule has 0 heterocycles. The molecule has 0 radical (unpaired) electrons. The molecule has 0 unspecified atom stereocenters. The molecule has 0 aromatic heterocycles. The molecule has 1 N–H and O–H groups in total. The Labute approximate surface area is 85.3 Å². The Morgan fingerprint density at radius 3 is 1.17 bits per heavy atom. The van der Waals surface area contributed by atoms with Crippen molar-refractivity contribution in [3.05, 3.63) is 0 Å². The predicted octanol–water partition coefficient (Wildman–Crippen LogP) is -3.17. The number of hydrogen-bond acceptors (Lipinski definition) is 5. The Bertz CT molecular complexity index is 103. The molecule has 66 valence electrons. The monoisotopic (exact) mass is 188 g/mol. The van der Waals surface area contributed by atoms with Gasteiger partial charge in [0.15, 0.2) is 0 Å². The number of carboxylic acid groups (broad SMARTS) is 3. The Hall–Kier alpha value is -0.824. The summed E-state index contributed by atoms with van der Waals surface area (Å²) in [6, 6.07) is 0. The zero-order valence-electron chi connectivity index (χ0n) is 6.77. The average molecular weight is 188 g/mol. The maximum atomic E-state index is 8.89. The van der Waals surface area contributed by atoms with Gasteiger partial charge >= 0.3 is 23.1 Å². The molecule has 0 rings (SSSR count). The number of carboxylic acids is 2. The van der Waals surface area contributed by atoms with Gasteiger partial charge in [-0.25, -0.2) is 0 Å². The van der Waals surface area contributed by atoms with Crippen molar-refractivity contribution < 1.29 is 29.7 Å². The smallest absolute Gasteiger partial charge is 0.550 e. The Morgan fingerprint density at radius 1 is 1.17 bits per heavy atom. The fourth-order valence-electron chi connectivity index (χ4n) is 0. The van der Waals surface area contributed by atoms with Crippen molar-refractivity contribution in [3.8, 4) is 0 Å². The van der Waals surface area contributed by atoms with Crippen molar-refractivity contribution in [1.29, 1.82) is 0 Å². The number of carbonyl (C=O) groups is 3. The molecule has 0 amide bonds. The van der Waals surface area contributed by atoms with Crippen LogP contribution >= 0.6 is 0 Å². The topological polar surface area (TPSA) is 118 Å². The minimum atomic E-state index is -1.08. The third-order valence-electron chi connectivity index (χ3n) is 0. The van der Waals surface area contributed by atoms with Crippen molar-refractivity contribution in [1.82, 2.24) is 0 Å². The van der Waals surface area contributed by atoms with Gasteiger partial charge in [-0.05, 0) is 13.8 Å². The van der Waals surface area contributed by atoms with E-state index in [4.69, 9.17) is 29.7 Å². The van der Waals surface area contributed by atoms with Crippen molar-refractivity contribution >= 4 is 41.5 Å². The normalized spacial score (nSPS) is 5.17. The molecule has 0 fully saturated rings. The van der Waals surface area contributed by atoms with Crippen LogP contribution in [0.15, 0.2) is 0 Å². The van der Waals surface area contributed by atoms with Crippen LogP contribution in [0.1, 0.15) is 13.8 Å². The van der Waals surface area contributed by atoms with E-state index in [0.29, 0.717) is 0 Å². The summed E-state index contributed by atoms with van der Waals surface area (Å²) in [7, 11) is 0. The fraction of sp³-hybridized carbons (Fsp3) is 0.400. The first-order chi connectivity index (χ1) is 4.88. The zero-order valence-corrected chi connectivity index (χ0v) is 8.19. The molecule has 6 nitrogen and oxygen atoms in total. The molecule has 0 bridgehead atoms. The quantitative estimate of drug-likeness (QED) is 0.316. The molecule has 0 saturated carbocycles. The summed E-state index contributed by atoms with van der Waals surface area (Å²) < 4.78 is 0.